The summed E-state index contributed by atoms with van der Waals surface area (Å²) >= 11 is 0. The van der Waals surface area contributed by atoms with Crippen molar-refractivity contribution in [3.8, 4) is 5.75 Å². The van der Waals surface area contributed by atoms with Gasteiger partial charge >= 0.3 is 7.82 Å². The quantitative estimate of drug-likeness (QED) is 0.425. The van der Waals surface area contributed by atoms with Crippen molar-refractivity contribution in [3.63, 3.8) is 0 Å². The van der Waals surface area contributed by atoms with E-state index < -0.39 is 19.0 Å². The van der Waals surface area contributed by atoms with Crippen LogP contribution in [0.2, 0.25) is 0 Å². The molecule has 30 heavy (non-hydrogen) atoms. The number of unbranched alkanes of at least 4 members (excludes halogenated alkanes) is 1. The maximum Gasteiger partial charge on any atom is 0.476 e. The van der Waals surface area contributed by atoms with Crippen LogP contribution in [0.4, 0.5) is 0 Å². The van der Waals surface area contributed by atoms with Crippen molar-refractivity contribution in [2.75, 3.05) is 13.1 Å². The molecule has 170 valence electrons. The number of hydrogen-bond acceptors (Lipinski definition) is 6. The van der Waals surface area contributed by atoms with Gasteiger partial charge in [0.15, 0.2) is 0 Å². The molecule has 7 nitrogen and oxygen atoms in total. The second kappa shape index (κ2) is 9.82. The van der Waals surface area contributed by atoms with Gasteiger partial charge < -0.3 is 10.0 Å². The molecule has 1 aromatic rings. The Kier molecular flexibility index (Phi) is 8.14. The highest BCUT2D eigenvalue weighted by molar-refractivity contribution is 7.48. The zero-order valence-corrected chi connectivity index (χ0v) is 19.9. The molecule has 0 atom stereocenters. The maximum absolute atomic E-state index is 13.1. The van der Waals surface area contributed by atoms with Gasteiger partial charge in [0.25, 0.3) is 0 Å². The van der Waals surface area contributed by atoms with E-state index in [1.54, 1.807) is 58.6 Å². The number of carbonyl (C=O) groups is 1. The number of phosphoric ester groups is 1. The molecular formula is C22H36NO6P. The molecule has 1 fully saturated rings. The summed E-state index contributed by atoms with van der Waals surface area (Å²) < 4.78 is 30.0. The molecular weight excluding hydrogens is 405 g/mol. The number of rotatable bonds is 9. The van der Waals surface area contributed by atoms with Gasteiger partial charge in [-0.3, -0.25) is 18.4 Å². The number of phenols is 1. The Morgan fingerprint density at radius 1 is 1.10 bits per heavy atom. The van der Waals surface area contributed by atoms with Crippen LogP contribution in [0.1, 0.15) is 66.4 Å². The van der Waals surface area contributed by atoms with Crippen molar-refractivity contribution in [1.29, 1.82) is 0 Å². The molecule has 1 amide bonds. The third-order valence-electron chi connectivity index (χ3n) is 4.27. The van der Waals surface area contributed by atoms with Gasteiger partial charge in [0.05, 0.1) is 11.2 Å². The molecule has 0 unspecified atom stereocenters. The Morgan fingerprint density at radius 3 is 2.23 bits per heavy atom. The first kappa shape index (κ1) is 24.9. The van der Waals surface area contributed by atoms with Gasteiger partial charge in [0.2, 0.25) is 5.91 Å². The molecule has 0 radical (unpaired) electrons. The van der Waals surface area contributed by atoms with E-state index in [0.717, 1.165) is 24.8 Å². The van der Waals surface area contributed by atoms with Crippen LogP contribution in [0.25, 0.3) is 0 Å². The molecule has 1 aliphatic heterocycles. The Morgan fingerprint density at radius 2 is 1.70 bits per heavy atom. The SMILES string of the molecule is CC(C)(C)OP(=O)(OC1CN(C(=O)CCCCc2cccc(O)c2)C1)OC(C)(C)C. The third-order valence-corrected chi connectivity index (χ3v) is 6.37. The van der Waals surface area contributed by atoms with Crippen molar-refractivity contribution >= 4 is 13.7 Å². The smallest absolute Gasteiger partial charge is 0.476 e. The number of carbonyl (C=O) groups excluding carboxylic acids is 1. The molecule has 0 saturated carbocycles. The van der Waals surface area contributed by atoms with Crippen molar-refractivity contribution in [1.82, 2.24) is 4.90 Å². The summed E-state index contributed by atoms with van der Waals surface area (Å²) in [6, 6.07) is 7.18. The fourth-order valence-electron chi connectivity index (χ4n) is 3.10. The molecule has 2 rings (SSSR count). The van der Waals surface area contributed by atoms with E-state index in [0.29, 0.717) is 19.5 Å². The lowest BCUT2D eigenvalue weighted by atomic mass is 10.1. The topological polar surface area (TPSA) is 85.3 Å². The Bertz CT molecular complexity index is 742. The zero-order valence-electron chi connectivity index (χ0n) is 19.0. The fourth-order valence-corrected chi connectivity index (χ4v) is 5.06. The normalized spacial score (nSPS) is 15.9. The maximum atomic E-state index is 13.1. The molecule has 1 aliphatic rings. The van der Waals surface area contributed by atoms with E-state index in [4.69, 9.17) is 13.6 Å². The lowest BCUT2D eigenvalue weighted by Crippen LogP contribution is -2.54. The predicted octanol–water partition coefficient (Wildman–Crippen LogP) is 5.07. The minimum Gasteiger partial charge on any atom is -0.508 e. The number of phenolic OH excluding ortho intramolecular Hbond substituents is 1. The lowest BCUT2D eigenvalue weighted by molar-refractivity contribution is -0.142. The van der Waals surface area contributed by atoms with Gasteiger partial charge in [-0.1, -0.05) is 12.1 Å². The van der Waals surface area contributed by atoms with Crippen molar-refractivity contribution < 1.29 is 28.0 Å². The number of hydrogen-bond donors (Lipinski definition) is 1. The van der Waals surface area contributed by atoms with Gasteiger partial charge in [0, 0.05) is 19.5 Å². The standard InChI is InChI=1S/C22H36NO6P/c1-21(2,3)28-30(26,29-22(4,5)6)27-19-15-23(16-19)20(25)13-8-7-10-17-11-9-12-18(24)14-17/h9,11-12,14,19,24H,7-8,10,13,15-16H2,1-6H3. The highest BCUT2D eigenvalue weighted by Gasteiger charge is 2.43. The van der Waals surface area contributed by atoms with Gasteiger partial charge in [-0.05, 0) is 78.5 Å². The largest absolute Gasteiger partial charge is 0.508 e. The number of amides is 1. The van der Waals surface area contributed by atoms with Crippen LogP contribution < -0.4 is 0 Å². The second-order valence-corrected chi connectivity index (χ2v) is 11.2. The minimum absolute atomic E-state index is 0.0640. The van der Waals surface area contributed by atoms with Crippen LogP contribution in [0.15, 0.2) is 24.3 Å². The molecule has 1 saturated heterocycles. The van der Waals surface area contributed by atoms with Gasteiger partial charge in [0.1, 0.15) is 11.9 Å². The van der Waals surface area contributed by atoms with E-state index in [-0.39, 0.29) is 17.8 Å². The van der Waals surface area contributed by atoms with Crippen molar-refractivity contribution in [3.05, 3.63) is 29.8 Å². The minimum atomic E-state index is -3.76. The summed E-state index contributed by atoms with van der Waals surface area (Å²) in [5.41, 5.74) is -0.307. The molecule has 1 N–H and O–H groups in total. The van der Waals surface area contributed by atoms with Crippen LogP contribution in [0, 0.1) is 0 Å². The molecule has 1 aromatic carbocycles. The Hall–Kier alpha value is -1.40. The van der Waals surface area contributed by atoms with Crippen LogP contribution in [-0.2, 0) is 29.4 Å². The number of likely N-dealkylation sites (tertiary alicyclic amines) is 1. The first-order valence-electron chi connectivity index (χ1n) is 10.5. The monoisotopic (exact) mass is 441 g/mol. The average Bonchev–Trinajstić information content (AvgIpc) is 2.51. The first-order chi connectivity index (χ1) is 13.7. The second-order valence-electron chi connectivity index (χ2n) is 9.76. The molecule has 1 heterocycles. The van der Waals surface area contributed by atoms with Gasteiger partial charge in [-0.2, -0.15) is 0 Å². The summed E-state index contributed by atoms with van der Waals surface area (Å²) in [6.45, 7) is 11.5. The average molecular weight is 442 g/mol. The summed E-state index contributed by atoms with van der Waals surface area (Å²) in [5, 5.41) is 9.49. The molecule has 8 heteroatoms. The summed E-state index contributed by atoms with van der Waals surface area (Å²) in [7, 11) is -3.76. The zero-order chi connectivity index (χ0) is 22.6. The highest BCUT2D eigenvalue weighted by Crippen LogP contribution is 2.56. The third kappa shape index (κ3) is 8.76. The number of phosphoric acid groups is 1. The van der Waals surface area contributed by atoms with E-state index in [9.17, 15) is 14.5 Å². The Labute approximate surface area is 180 Å². The van der Waals surface area contributed by atoms with E-state index in [1.807, 2.05) is 12.1 Å². The highest BCUT2D eigenvalue weighted by atomic mass is 31.2. The van der Waals surface area contributed by atoms with Gasteiger partial charge in [-0.15, -0.1) is 0 Å². The fraction of sp³-hybridized carbons (Fsp3) is 0.682. The predicted molar refractivity (Wildman–Crippen MR) is 116 cm³/mol. The number of aryl methyl sites for hydroxylation is 1. The summed E-state index contributed by atoms with van der Waals surface area (Å²) in [4.78, 5) is 14.1. The van der Waals surface area contributed by atoms with E-state index in [2.05, 4.69) is 0 Å². The lowest BCUT2D eigenvalue weighted by Gasteiger charge is -2.41. The number of benzene rings is 1. The van der Waals surface area contributed by atoms with Crippen LogP contribution >= 0.6 is 7.82 Å². The molecule has 0 aromatic heterocycles. The van der Waals surface area contributed by atoms with Crippen LogP contribution in [-0.4, -0.2) is 46.3 Å². The molecule has 0 bridgehead atoms. The summed E-state index contributed by atoms with van der Waals surface area (Å²) in [6.07, 6.45) is 2.56. The van der Waals surface area contributed by atoms with Crippen molar-refractivity contribution in [2.24, 2.45) is 0 Å². The summed E-state index contributed by atoms with van der Waals surface area (Å²) in [5.74, 6) is 0.326. The Balaban J connectivity index is 1.75. The number of aromatic hydroxyl groups is 1. The molecule has 0 aliphatic carbocycles. The molecule has 0 spiro atoms. The van der Waals surface area contributed by atoms with Crippen molar-refractivity contribution in [2.45, 2.75) is 84.5 Å². The van der Waals surface area contributed by atoms with Gasteiger partial charge in [-0.25, -0.2) is 4.57 Å². The van der Waals surface area contributed by atoms with Crippen LogP contribution in [0.5, 0.6) is 5.75 Å². The first-order valence-corrected chi connectivity index (χ1v) is 12.0. The number of nitrogens with zero attached hydrogens (tertiary/aromatic N) is 1. The van der Waals surface area contributed by atoms with Crippen LogP contribution in [0.3, 0.4) is 0 Å². The van der Waals surface area contributed by atoms with E-state index >= 15 is 0 Å². The van der Waals surface area contributed by atoms with E-state index in [1.165, 1.54) is 0 Å².